The Morgan fingerprint density at radius 1 is 1.43 bits per heavy atom. The lowest BCUT2D eigenvalue weighted by molar-refractivity contribution is -0.120. The Kier molecular flexibility index (Phi) is 2.11. The van der Waals surface area contributed by atoms with Gasteiger partial charge in [0.05, 0.1) is 6.54 Å². The Morgan fingerprint density at radius 3 is 2.57 bits per heavy atom. The predicted molar refractivity (Wildman–Crippen MR) is 51.3 cm³/mol. The number of nitrogens with one attached hydrogen (secondary N) is 1. The molecular formula is C10H12N2O2. The molecule has 1 fully saturated rings. The van der Waals surface area contributed by atoms with Gasteiger partial charge in [-0.15, -0.1) is 0 Å². The van der Waals surface area contributed by atoms with Crippen LogP contribution in [0.5, 0.6) is 0 Å². The van der Waals surface area contributed by atoms with Gasteiger partial charge in [-0.1, -0.05) is 30.3 Å². The van der Waals surface area contributed by atoms with Crippen molar-refractivity contribution in [2.75, 3.05) is 6.54 Å². The number of hydrogen-bond acceptors (Lipinski definition) is 4. The number of rotatable bonds is 1. The number of Topliss-reactive ketones (excluding diaryl/α,β-unsaturated/α-hetero) is 1. The van der Waals surface area contributed by atoms with Gasteiger partial charge in [0.25, 0.3) is 0 Å². The van der Waals surface area contributed by atoms with Gasteiger partial charge in [0.1, 0.15) is 6.04 Å². The van der Waals surface area contributed by atoms with Crippen LogP contribution in [-0.4, -0.2) is 23.5 Å². The largest absolute Gasteiger partial charge is 0.370 e. The molecule has 0 saturated carbocycles. The van der Waals surface area contributed by atoms with E-state index in [-0.39, 0.29) is 12.3 Å². The van der Waals surface area contributed by atoms with Crippen molar-refractivity contribution in [1.82, 2.24) is 5.32 Å². The summed E-state index contributed by atoms with van der Waals surface area (Å²) in [6, 6.07) is 8.03. The Bertz CT molecular complexity index is 352. The fourth-order valence-corrected chi connectivity index (χ4v) is 1.65. The van der Waals surface area contributed by atoms with Gasteiger partial charge in [-0.2, -0.15) is 0 Å². The molecule has 1 aliphatic heterocycles. The normalized spacial score (nSPS) is 32.1. The number of carbonyl (C=O) groups is 1. The first-order valence-corrected chi connectivity index (χ1v) is 4.46. The highest BCUT2D eigenvalue weighted by atomic mass is 16.3. The molecule has 1 heterocycles. The van der Waals surface area contributed by atoms with E-state index in [1.807, 2.05) is 6.07 Å². The molecule has 2 unspecified atom stereocenters. The van der Waals surface area contributed by atoms with Crippen LogP contribution in [0.2, 0.25) is 0 Å². The van der Waals surface area contributed by atoms with Crippen LogP contribution in [0.25, 0.3) is 0 Å². The van der Waals surface area contributed by atoms with E-state index in [0.29, 0.717) is 5.56 Å². The molecule has 1 aliphatic rings. The number of nitrogens with two attached hydrogens (primary N) is 1. The maximum Gasteiger partial charge on any atom is 0.168 e. The van der Waals surface area contributed by atoms with E-state index in [2.05, 4.69) is 5.32 Å². The molecule has 1 saturated heterocycles. The fraction of sp³-hybridized carbons (Fsp3) is 0.300. The number of ketones is 1. The zero-order chi connectivity index (χ0) is 10.2. The minimum absolute atomic E-state index is 0.118. The van der Waals surface area contributed by atoms with Crippen molar-refractivity contribution in [3.63, 3.8) is 0 Å². The van der Waals surface area contributed by atoms with E-state index in [4.69, 9.17) is 5.73 Å². The molecule has 0 aliphatic carbocycles. The zero-order valence-electron chi connectivity index (χ0n) is 7.60. The standard InChI is InChI=1S/C10H12N2O2/c11-9-8(13)6-12-10(9,14)7-4-2-1-3-5-7/h1-5,9,12,14H,6,11H2. The van der Waals surface area contributed by atoms with Gasteiger partial charge in [0, 0.05) is 5.56 Å². The molecular weight excluding hydrogens is 180 g/mol. The number of benzene rings is 1. The highest BCUT2D eigenvalue weighted by Gasteiger charge is 2.45. The average molecular weight is 192 g/mol. The van der Waals surface area contributed by atoms with Crippen LogP contribution in [0, 0.1) is 0 Å². The first-order chi connectivity index (χ1) is 6.64. The average Bonchev–Trinajstić information content (AvgIpc) is 2.49. The molecule has 2 atom stereocenters. The van der Waals surface area contributed by atoms with E-state index in [1.54, 1.807) is 24.3 Å². The lowest BCUT2D eigenvalue weighted by Gasteiger charge is -2.26. The van der Waals surface area contributed by atoms with Crippen molar-refractivity contribution in [1.29, 1.82) is 0 Å². The van der Waals surface area contributed by atoms with Crippen LogP contribution in [-0.2, 0) is 10.5 Å². The Hall–Kier alpha value is -1.23. The van der Waals surface area contributed by atoms with E-state index in [9.17, 15) is 9.90 Å². The SMILES string of the molecule is NC1C(=O)CNC1(O)c1ccccc1. The number of carbonyl (C=O) groups excluding carboxylic acids is 1. The molecule has 0 aromatic heterocycles. The van der Waals surface area contributed by atoms with Crippen LogP contribution >= 0.6 is 0 Å². The number of hydrogen-bond donors (Lipinski definition) is 3. The molecule has 14 heavy (non-hydrogen) atoms. The van der Waals surface area contributed by atoms with Crippen molar-refractivity contribution in [3.05, 3.63) is 35.9 Å². The van der Waals surface area contributed by atoms with Crippen molar-refractivity contribution in [3.8, 4) is 0 Å². The van der Waals surface area contributed by atoms with Crippen LogP contribution in [0.15, 0.2) is 30.3 Å². The van der Waals surface area contributed by atoms with Gasteiger partial charge in [-0.05, 0) is 0 Å². The highest BCUT2D eigenvalue weighted by Crippen LogP contribution is 2.24. The topological polar surface area (TPSA) is 75.4 Å². The quantitative estimate of drug-likeness (QED) is 0.551. The third kappa shape index (κ3) is 1.24. The lowest BCUT2D eigenvalue weighted by Crippen LogP contribution is -2.50. The van der Waals surface area contributed by atoms with Gasteiger partial charge in [0.2, 0.25) is 0 Å². The molecule has 4 heteroatoms. The molecule has 1 aromatic carbocycles. The summed E-state index contributed by atoms with van der Waals surface area (Å²) in [5, 5.41) is 12.9. The summed E-state index contributed by atoms with van der Waals surface area (Å²) < 4.78 is 0. The summed E-state index contributed by atoms with van der Waals surface area (Å²) in [7, 11) is 0. The Morgan fingerprint density at radius 2 is 2.07 bits per heavy atom. The molecule has 0 spiro atoms. The Labute approximate surface area is 81.7 Å². The first-order valence-electron chi connectivity index (χ1n) is 4.46. The first kappa shape index (κ1) is 9.33. The third-order valence-corrected chi connectivity index (χ3v) is 2.54. The molecule has 0 bridgehead atoms. The van der Waals surface area contributed by atoms with Gasteiger partial charge in [-0.3, -0.25) is 10.1 Å². The second kappa shape index (κ2) is 3.16. The van der Waals surface area contributed by atoms with Crippen LogP contribution in [0.1, 0.15) is 5.56 Å². The molecule has 4 nitrogen and oxygen atoms in total. The third-order valence-electron chi connectivity index (χ3n) is 2.54. The fourth-order valence-electron chi connectivity index (χ4n) is 1.65. The molecule has 0 radical (unpaired) electrons. The minimum Gasteiger partial charge on any atom is -0.370 e. The zero-order valence-corrected chi connectivity index (χ0v) is 7.60. The van der Waals surface area contributed by atoms with Gasteiger partial charge >= 0.3 is 0 Å². The maximum absolute atomic E-state index is 11.2. The van der Waals surface area contributed by atoms with Crippen LogP contribution in [0.4, 0.5) is 0 Å². The highest BCUT2D eigenvalue weighted by molar-refractivity contribution is 5.89. The van der Waals surface area contributed by atoms with E-state index < -0.39 is 11.8 Å². The monoisotopic (exact) mass is 192 g/mol. The second-order valence-electron chi connectivity index (χ2n) is 3.43. The minimum atomic E-state index is -1.40. The summed E-state index contributed by atoms with van der Waals surface area (Å²) in [5.74, 6) is -0.170. The maximum atomic E-state index is 11.2. The predicted octanol–water partition coefficient (Wildman–Crippen LogP) is -0.669. The van der Waals surface area contributed by atoms with E-state index in [0.717, 1.165) is 0 Å². The van der Waals surface area contributed by atoms with Crippen LogP contribution in [0.3, 0.4) is 0 Å². The van der Waals surface area contributed by atoms with Crippen molar-refractivity contribution in [2.45, 2.75) is 11.8 Å². The van der Waals surface area contributed by atoms with E-state index >= 15 is 0 Å². The van der Waals surface area contributed by atoms with Gasteiger partial charge in [0.15, 0.2) is 11.5 Å². The summed E-state index contributed by atoms with van der Waals surface area (Å²) >= 11 is 0. The molecule has 2 rings (SSSR count). The molecule has 0 amide bonds. The summed E-state index contributed by atoms with van der Waals surface area (Å²) in [6.07, 6.45) is 0. The van der Waals surface area contributed by atoms with Crippen molar-refractivity contribution < 1.29 is 9.90 Å². The molecule has 1 aromatic rings. The number of aliphatic hydroxyl groups is 1. The van der Waals surface area contributed by atoms with Crippen molar-refractivity contribution in [2.24, 2.45) is 5.73 Å². The van der Waals surface area contributed by atoms with Gasteiger partial charge in [-0.25, -0.2) is 0 Å². The second-order valence-corrected chi connectivity index (χ2v) is 3.43. The summed E-state index contributed by atoms with van der Waals surface area (Å²) in [6.45, 7) is 0.118. The summed E-state index contributed by atoms with van der Waals surface area (Å²) in [5.41, 5.74) is 4.85. The van der Waals surface area contributed by atoms with Gasteiger partial charge < -0.3 is 10.8 Å². The smallest absolute Gasteiger partial charge is 0.168 e. The summed E-state index contributed by atoms with van der Waals surface area (Å²) in [4.78, 5) is 11.2. The van der Waals surface area contributed by atoms with Crippen LogP contribution < -0.4 is 11.1 Å². The molecule has 4 N–H and O–H groups in total. The Balaban J connectivity index is 2.39. The van der Waals surface area contributed by atoms with E-state index in [1.165, 1.54) is 0 Å². The van der Waals surface area contributed by atoms with Crippen molar-refractivity contribution >= 4 is 5.78 Å². The molecule has 74 valence electrons. The lowest BCUT2D eigenvalue weighted by atomic mass is 9.97.